The van der Waals surface area contributed by atoms with E-state index in [0.29, 0.717) is 32.1 Å². The van der Waals surface area contributed by atoms with E-state index in [1.807, 2.05) is 25.7 Å². The Balaban J connectivity index is 1.58. The molecule has 23 heavy (non-hydrogen) atoms. The molecule has 2 aromatic rings. The summed E-state index contributed by atoms with van der Waals surface area (Å²) in [5.74, 6) is 1.32. The zero-order valence-electron chi connectivity index (χ0n) is 13.5. The molecule has 1 atom stereocenters. The van der Waals surface area contributed by atoms with Gasteiger partial charge in [-0.2, -0.15) is 10.2 Å². The van der Waals surface area contributed by atoms with Gasteiger partial charge in [0, 0.05) is 13.1 Å². The number of H-pyrrole nitrogens is 2. The van der Waals surface area contributed by atoms with Crippen molar-refractivity contribution >= 4 is 11.6 Å². The van der Waals surface area contributed by atoms with Crippen LogP contribution in [0.1, 0.15) is 29.1 Å². The molecule has 1 unspecified atom stereocenters. The fraction of sp³-hybridized carbons (Fsp3) is 0.571. The van der Waals surface area contributed by atoms with E-state index in [2.05, 4.69) is 30.7 Å². The molecule has 124 valence electrons. The highest BCUT2D eigenvalue weighted by Gasteiger charge is 2.26. The molecule has 0 aromatic carbocycles. The summed E-state index contributed by atoms with van der Waals surface area (Å²) < 4.78 is 5.70. The molecule has 0 saturated carbocycles. The van der Waals surface area contributed by atoms with Crippen LogP contribution in [-0.4, -0.2) is 62.4 Å². The van der Waals surface area contributed by atoms with Gasteiger partial charge in [-0.15, -0.1) is 0 Å². The second kappa shape index (κ2) is 6.47. The van der Waals surface area contributed by atoms with Gasteiger partial charge in [0.25, 0.3) is 0 Å². The lowest BCUT2D eigenvalue weighted by Gasteiger charge is -2.30. The monoisotopic (exact) mass is 319 g/mol. The van der Waals surface area contributed by atoms with Gasteiger partial charge < -0.3 is 10.1 Å². The van der Waals surface area contributed by atoms with Gasteiger partial charge in [0.05, 0.1) is 30.2 Å². The highest BCUT2D eigenvalue weighted by atomic mass is 16.5. The van der Waals surface area contributed by atoms with Gasteiger partial charge in [0.15, 0.2) is 5.82 Å². The fourth-order valence-corrected chi connectivity index (χ4v) is 2.62. The minimum Gasteiger partial charge on any atom is -0.367 e. The molecule has 2 aromatic heterocycles. The predicted octanol–water partition coefficient (Wildman–Crippen LogP) is 0.465. The average molecular weight is 319 g/mol. The molecule has 9 nitrogen and oxygen atoms in total. The maximum absolute atomic E-state index is 12.3. The highest BCUT2D eigenvalue weighted by molar-refractivity contribution is 5.93. The minimum absolute atomic E-state index is 0.0654. The first-order valence-electron chi connectivity index (χ1n) is 7.57. The largest absolute Gasteiger partial charge is 0.367 e. The van der Waals surface area contributed by atoms with Gasteiger partial charge in [-0.3, -0.25) is 19.9 Å². The topological polar surface area (TPSA) is 112 Å². The van der Waals surface area contributed by atoms with Crippen LogP contribution in [0.3, 0.4) is 0 Å². The smallest absolute Gasteiger partial charge is 0.238 e. The van der Waals surface area contributed by atoms with Crippen LogP contribution in [0.25, 0.3) is 0 Å². The number of nitrogens with zero attached hydrogens (tertiary/aromatic N) is 4. The SMILES string of the molecule is Cc1nc(C2CN(CC(=O)Nc3c(C)n[nH]c3C)CCO2)n[nH]1. The summed E-state index contributed by atoms with van der Waals surface area (Å²) >= 11 is 0. The number of aromatic nitrogens is 5. The summed E-state index contributed by atoms with van der Waals surface area (Å²) in [4.78, 5) is 18.6. The van der Waals surface area contributed by atoms with E-state index in [9.17, 15) is 4.79 Å². The van der Waals surface area contributed by atoms with Gasteiger partial charge in [-0.1, -0.05) is 0 Å². The van der Waals surface area contributed by atoms with E-state index in [-0.39, 0.29) is 12.0 Å². The molecular weight excluding hydrogens is 298 g/mol. The lowest BCUT2D eigenvalue weighted by Crippen LogP contribution is -2.42. The standard InChI is InChI=1S/C14H21N7O2/c1-8-13(9(2)18-17-8)16-12(22)7-21-4-5-23-11(6-21)14-15-10(3)19-20-14/h11H,4-7H2,1-3H3,(H,16,22)(H,17,18)(H,15,19,20). The highest BCUT2D eigenvalue weighted by Crippen LogP contribution is 2.19. The number of ether oxygens (including phenoxy) is 1. The molecule has 0 radical (unpaired) electrons. The van der Waals surface area contributed by atoms with Gasteiger partial charge in [-0.25, -0.2) is 4.98 Å². The Kier molecular flexibility index (Phi) is 4.39. The van der Waals surface area contributed by atoms with Gasteiger partial charge in [0.2, 0.25) is 5.91 Å². The van der Waals surface area contributed by atoms with Crippen molar-refractivity contribution in [1.29, 1.82) is 0 Å². The normalized spacial score (nSPS) is 19.0. The zero-order chi connectivity index (χ0) is 16.4. The quantitative estimate of drug-likeness (QED) is 0.755. The predicted molar refractivity (Wildman–Crippen MR) is 82.9 cm³/mol. The van der Waals surface area contributed by atoms with Crippen molar-refractivity contribution in [2.24, 2.45) is 0 Å². The summed E-state index contributed by atoms with van der Waals surface area (Å²) in [5.41, 5.74) is 2.39. The number of hydrogen-bond donors (Lipinski definition) is 3. The van der Waals surface area contributed by atoms with E-state index in [1.54, 1.807) is 0 Å². The molecular formula is C14H21N7O2. The first-order valence-corrected chi connectivity index (χ1v) is 7.57. The van der Waals surface area contributed by atoms with E-state index in [0.717, 1.165) is 22.9 Å². The Morgan fingerprint density at radius 2 is 2.17 bits per heavy atom. The van der Waals surface area contributed by atoms with Crippen LogP contribution in [0.15, 0.2) is 0 Å². The van der Waals surface area contributed by atoms with Crippen molar-refractivity contribution in [3.63, 3.8) is 0 Å². The van der Waals surface area contributed by atoms with Crippen LogP contribution in [0.2, 0.25) is 0 Å². The molecule has 1 aliphatic heterocycles. The summed E-state index contributed by atoms with van der Waals surface area (Å²) in [6.07, 6.45) is -0.209. The van der Waals surface area contributed by atoms with E-state index in [4.69, 9.17) is 4.74 Å². The molecule has 3 rings (SSSR count). The molecule has 0 aliphatic carbocycles. The Morgan fingerprint density at radius 1 is 1.35 bits per heavy atom. The number of nitrogens with one attached hydrogen (secondary N) is 3. The van der Waals surface area contributed by atoms with Crippen molar-refractivity contribution < 1.29 is 9.53 Å². The third kappa shape index (κ3) is 3.57. The number of amides is 1. The van der Waals surface area contributed by atoms with Crippen molar-refractivity contribution in [3.05, 3.63) is 23.0 Å². The number of anilines is 1. The number of aryl methyl sites for hydroxylation is 3. The number of carbonyl (C=O) groups is 1. The summed E-state index contributed by atoms with van der Waals surface area (Å²) in [6.45, 7) is 7.73. The van der Waals surface area contributed by atoms with Crippen molar-refractivity contribution in [2.75, 3.05) is 31.6 Å². The molecule has 3 heterocycles. The van der Waals surface area contributed by atoms with Crippen molar-refractivity contribution in [3.8, 4) is 0 Å². The third-order valence-electron chi connectivity index (χ3n) is 3.81. The molecule has 0 spiro atoms. The van der Waals surface area contributed by atoms with Crippen LogP contribution in [0, 0.1) is 20.8 Å². The van der Waals surface area contributed by atoms with Crippen LogP contribution in [-0.2, 0) is 9.53 Å². The number of morpholine rings is 1. The molecule has 0 bridgehead atoms. The maximum Gasteiger partial charge on any atom is 0.238 e. The van der Waals surface area contributed by atoms with Gasteiger partial charge in [0.1, 0.15) is 11.9 Å². The molecule has 3 N–H and O–H groups in total. The Labute approximate surface area is 133 Å². The van der Waals surface area contributed by atoms with E-state index >= 15 is 0 Å². The van der Waals surface area contributed by atoms with Crippen LogP contribution >= 0.6 is 0 Å². The van der Waals surface area contributed by atoms with Crippen molar-refractivity contribution in [2.45, 2.75) is 26.9 Å². The van der Waals surface area contributed by atoms with Crippen LogP contribution in [0.5, 0.6) is 0 Å². The van der Waals surface area contributed by atoms with Crippen LogP contribution in [0.4, 0.5) is 5.69 Å². The molecule has 1 aliphatic rings. The molecule has 1 amide bonds. The summed E-state index contributed by atoms with van der Waals surface area (Å²) in [7, 11) is 0. The second-order valence-corrected chi connectivity index (χ2v) is 5.73. The number of aromatic amines is 2. The van der Waals surface area contributed by atoms with Gasteiger partial charge >= 0.3 is 0 Å². The van der Waals surface area contributed by atoms with Crippen LogP contribution < -0.4 is 5.32 Å². The Morgan fingerprint density at radius 3 is 2.83 bits per heavy atom. The summed E-state index contributed by atoms with van der Waals surface area (Å²) in [5, 5.41) is 16.8. The van der Waals surface area contributed by atoms with E-state index in [1.165, 1.54) is 0 Å². The summed E-state index contributed by atoms with van der Waals surface area (Å²) in [6, 6.07) is 0. The number of carbonyl (C=O) groups excluding carboxylic acids is 1. The maximum atomic E-state index is 12.3. The Bertz CT molecular complexity index is 674. The molecule has 9 heteroatoms. The third-order valence-corrected chi connectivity index (χ3v) is 3.81. The lowest BCUT2D eigenvalue weighted by atomic mass is 10.2. The first kappa shape index (κ1) is 15.6. The Hall–Kier alpha value is -2.26. The first-order chi connectivity index (χ1) is 11.0. The van der Waals surface area contributed by atoms with Gasteiger partial charge in [-0.05, 0) is 20.8 Å². The molecule has 1 fully saturated rings. The molecule has 1 saturated heterocycles. The lowest BCUT2D eigenvalue weighted by molar-refractivity contribution is -0.119. The zero-order valence-corrected chi connectivity index (χ0v) is 13.5. The minimum atomic E-state index is -0.209. The fourth-order valence-electron chi connectivity index (χ4n) is 2.62. The van der Waals surface area contributed by atoms with E-state index < -0.39 is 0 Å². The second-order valence-electron chi connectivity index (χ2n) is 5.73. The average Bonchev–Trinajstić information content (AvgIpc) is 3.08. The number of hydrogen-bond acceptors (Lipinski definition) is 6. The van der Waals surface area contributed by atoms with Crippen molar-refractivity contribution in [1.82, 2.24) is 30.3 Å². The number of rotatable bonds is 4.